The number of amides is 1. The number of fused-ring (bicyclic) bond motifs is 1. The van der Waals surface area contributed by atoms with Crippen molar-refractivity contribution in [3.8, 4) is 11.5 Å². The maximum atomic E-state index is 13.5. The van der Waals surface area contributed by atoms with E-state index in [9.17, 15) is 19.5 Å². The number of benzene rings is 2. The van der Waals surface area contributed by atoms with Gasteiger partial charge in [-0.1, -0.05) is 49.4 Å². The molecule has 0 unspecified atom stereocenters. The predicted octanol–water partition coefficient (Wildman–Crippen LogP) is 5.15. The van der Waals surface area contributed by atoms with Crippen molar-refractivity contribution >= 4 is 39.9 Å². The van der Waals surface area contributed by atoms with Gasteiger partial charge >= 0.3 is 11.9 Å². The molecule has 0 spiro atoms. The summed E-state index contributed by atoms with van der Waals surface area (Å²) in [7, 11) is 0. The van der Waals surface area contributed by atoms with E-state index in [1.807, 2.05) is 24.3 Å². The first-order valence-electron chi connectivity index (χ1n) is 12.7. The lowest BCUT2D eigenvalue weighted by atomic mass is 9.93. The maximum Gasteiger partial charge on any atom is 0.350 e. The van der Waals surface area contributed by atoms with E-state index in [-0.39, 0.29) is 33.9 Å². The summed E-state index contributed by atoms with van der Waals surface area (Å²) in [4.78, 5) is 45.4. The van der Waals surface area contributed by atoms with Gasteiger partial charge in [0.2, 0.25) is 0 Å². The van der Waals surface area contributed by atoms with Gasteiger partial charge in [-0.25, -0.2) is 9.78 Å². The van der Waals surface area contributed by atoms with Crippen LogP contribution in [0.2, 0.25) is 0 Å². The second-order valence-corrected chi connectivity index (χ2v) is 10.5. The zero-order valence-electron chi connectivity index (χ0n) is 22.0. The molecule has 2 aliphatic rings. The monoisotopic (exact) mass is 548 g/mol. The number of carbonyl (C=O) groups excluding carboxylic acids is 3. The molecule has 0 aliphatic carbocycles. The van der Waals surface area contributed by atoms with E-state index >= 15 is 0 Å². The van der Waals surface area contributed by atoms with Gasteiger partial charge in [0.1, 0.15) is 23.9 Å². The molecular weight excluding hydrogens is 520 g/mol. The summed E-state index contributed by atoms with van der Waals surface area (Å²) in [5, 5.41) is 11.6. The fourth-order valence-electron chi connectivity index (χ4n) is 4.63. The van der Waals surface area contributed by atoms with Crippen LogP contribution in [0.5, 0.6) is 11.5 Å². The molecule has 0 saturated carbocycles. The van der Waals surface area contributed by atoms with Crippen molar-refractivity contribution in [3.63, 3.8) is 0 Å². The fourth-order valence-corrected chi connectivity index (χ4v) is 5.61. The Bertz CT molecular complexity index is 1490. The number of thiazole rings is 1. The summed E-state index contributed by atoms with van der Waals surface area (Å²) in [6.07, 6.45) is 0. The highest BCUT2D eigenvalue weighted by molar-refractivity contribution is 7.17. The second-order valence-electron chi connectivity index (χ2n) is 9.48. The summed E-state index contributed by atoms with van der Waals surface area (Å²) in [5.41, 5.74) is 2.31. The highest BCUT2D eigenvalue weighted by Gasteiger charge is 2.48. The van der Waals surface area contributed by atoms with Gasteiger partial charge in [-0.2, -0.15) is 0 Å². The molecule has 202 valence electrons. The summed E-state index contributed by atoms with van der Waals surface area (Å²) in [6.45, 7) is 8.44. The number of esters is 1. The summed E-state index contributed by atoms with van der Waals surface area (Å²) < 4.78 is 16.4. The van der Waals surface area contributed by atoms with Crippen molar-refractivity contribution in [2.75, 3.05) is 24.7 Å². The van der Waals surface area contributed by atoms with Crippen LogP contribution >= 0.6 is 11.3 Å². The maximum absolute atomic E-state index is 13.5. The number of carbonyl (C=O) groups is 3. The van der Waals surface area contributed by atoms with E-state index in [0.29, 0.717) is 41.5 Å². The number of rotatable bonds is 6. The molecule has 1 aromatic heterocycles. The summed E-state index contributed by atoms with van der Waals surface area (Å²) in [5.74, 6) is -1.36. The highest BCUT2D eigenvalue weighted by atomic mass is 32.1. The highest BCUT2D eigenvalue weighted by Crippen LogP contribution is 2.45. The number of ketones is 1. The Balaban J connectivity index is 1.66. The molecule has 1 N–H and O–H groups in total. The van der Waals surface area contributed by atoms with E-state index in [1.54, 1.807) is 32.0 Å². The second kappa shape index (κ2) is 10.5. The average molecular weight is 549 g/mol. The zero-order chi connectivity index (χ0) is 27.8. The van der Waals surface area contributed by atoms with Gasteiger partial charge in [-0.05, 0) is 49.1 Å². The molecular formula is C29H28N2O7S. The fraction of sp³-hybridized carbons (Fsp3) is 0.310. The molecule has 10 heteroatoms. The Kier molecular flexibility index (Phi) is 7.14. The number of Topliss-reactive ketones (excluding diaryl/α,β-unsaturated/α-hetero) is 1. The third-order valence-corrected chi connectivity index (χ3v) is 7.77. The molecule has 2 aliphatic heterocycles. The topological polar surface area (TPSA) is 115 Å². The third kappa shape index (κ3) is 4.76. The van der Waals surface area contributed by atoms with Gasteiger partial charge in [-0.3, -0.25) is 14.5 Å². The Labute approximate surface area is 229 Å². The molecule has 1 amide bonds. The predicted molar refractivity (Wildman–Crippen MR) is 146 cm³/mol. The molecule has 1 fully saturated rings. The molecule has 2 aromatic carbocycles. The van der Waals surface area contributed by atoms with Crippen LogP contribution in [0.3, 0.4) is 0 Å². The first-order valence-corrected chi connectivity index (χ1v) is 13.5. The number of aliphatic hydroxyl groups is 1. The van der Waals surface area contributed by atoms with Crippen LogP contribution < -0.4 is 14.4 Å². The van der Waals surface area contributed by atoms with Gasteiger partial charge in [0.15, 0.2) is 16.6 Å². The number of hydrogen-bond donors (Lipinski definition) is 1. The number of aryl methyl sites for hydroxylation is 1. The van der Waals surface area contributed by atoms with Crippen LogP contribution in [-0.4, -0.2) is 47.6 Å². The van der Waals surface area contributed by atoms with Gasteiger partial charge in [-0.15, -0.1) is 0 Å². The SMILES string of the molecule is CCOC(=O)c1sc(N2C(=O)C(=O)/C(=C(/O)c3ccc4c(c3)OCCO4)[C@@H]2c2ccc(C(C)C)cc2)nc1C. The molecule has 5 rings (SSSR count). The van der Waals surface area contributed by atoms with Crippen LogP contribution in [0.15, 0.2) is 48.0 Å². The first kappa shape index (κ1) is 26.4. The molecule has 1 atom stereocenters. The van der Waals surface area contributed by atoms with Gasteiger partial charge in [0, 0.05) is 5.56 Å². The zero-order valence-corrected chi connectivity index (χ0v) is 22.8. The van der Waals surface area contributed by atoms with E-state index in [0.717, 1.165) is 16.9 Å². The normalized spacial score (nSPS) is 18.1. The molecule has 0 radical (unpaired) electrons. The van der Waals surface area contributed by atoms with Crippen LogP contribution in [0.4, 0.5) is 5.13 Å². The van der Waals surface area contributed by atoms with Crippen molar-refractivity contribution in [1.29, 1.82) is 0 Å². The summed E-state index contributed by atoms with van der Waals surface area (Å²) >= 11 is 0.972. The molecule has 3 aromatic rings. The molecule has 3 heterocycles. The minimum Gasteiger partial charge on any atom is -0.507 e. The van der Waals surface area contributed by atoms with Crippen molar-refractivity contribution in [2.45, 2.75) is 39.7 Å². The van der Waals surface area contributed by atoms with Crippen molar-refractivity contribution in [3.05, 3.63) is 75.3 Å². The number of hydrogen-bond acceptors (Lipinski definition) is 9. The van der Waals surface area contributed by atoms with Gasteiger partial charge in [0.25, 0.3) is 5.78 Å². The van der Waals surface area contributed by atoms with E-state index < -0.39 is 23.7 Å². The quantitative estimate of drug-likeness (QED) is 0.195. The Morgan fingerprint density at radius 2 is 1.82 bits per heavy atom. The largest absolute Gasteiger partial charge is 0.507 e. The minimum atomic E-state index is -0.972. The number of aliphatic hydroxyl groups excluding tert-OH is 1. The molecule has 9 nitrogen and oxygen atoms in total. The van der Waals surface area contributed by atoms with Crippen LogP contribution in [0.25, 0.3) is 5.76 Å². The lowest BCUT2D eigenvalue weighted by molar-refractivity contribution is -0.132. The lowest BCUT2D eigenvalue weighted by Gasteiger charge is -2.24. The number of ether oxygens (including phenoxy) is 3. The van der Waals surface area contributed by atoms with Gasteiger partial charge in [0.05, 0.1) is 23.9 Å². The standard InChI is InChI=1S/C29H28N2O7S/c1-5-36-28(35)26-16(4)30-29(39-26)31-23(18-8-6-17(7-9-18)15(2)3)22(25(33)27(31)34)24(32)19-10-11-20-21(14-19)38-13-12-37-20/h6-11,14-15,23,32H,5,12-13H2,1-4H3/b24-22+/t23-/m0/s1. The van der Waals surface area contributed by atoms with E-state index in [2.05, 4.69) is 18.8 Å². The van der Waals surface area contributed by atoms with E-state index in [4.69, 9.17) is 14.2 Å². The van der Waals surface area contributed by atoms with Crippen LogP contribution in [-0.2, 0) is 14.3 Å². The Morgan fingerprint density at radius 1 is 1.13 bits per heavy atom. The molecule has 0 bridgehead atoms. The lowest BCUT2D eigenvalue weighted by Crippen LogP contribution is -2.29. The number of nitrogens with zero attached hydrogens (tertiary/aromatic N) is 2. The van der Waals surface area contributed by atoms with Crippen molar-refractivity contribution < 1.29 is 33.7 Å². The van der Waals surface area contributed by atoms with Crippen molar-refractivity contribution in [1.82, 2.24) is 4.98 Å². The number of aromatic nitrogens is 1. The minimum absolute atomic E-state index is 0.0838. The van der Waals surface area contributed by atoms with Gasteiger partial charge < -0.3 is 19.3 Å². The van der Waals surface area contributed by atoms with Crippen LogP contribution in [0.1, 0.15) is 64.8 Å². The average Bonchev–Trinajstić information content (AvgIpc) is 3.44. The Hall–Kier alpha value is -4.18. The number of anilines is 1. The summed E-state index contributed by atoms with van der Waals surface area (Å²) in [6, 6.07) is 11.4. The first-order chi connectivity index (χ1) is 18.7. The van der Waals surface area contributed by atoms with Crippen LogP contribution in [0, 0.1) is 6.92 Å². The van der Waals surface area contributed by atoms with E-state index in [1.165, 1.54) is 4.90 Å². The molecule has 39 heavy (non-hydrogen) atoms. The third-order valence-electron chi connectivity index (χ3n) is 6.63. The van der Waals surface area contributed by atoms with Crippen molar-refractivity contribution in [2.24, 2.45) is 0 Å². The smallest absolute Gasteiger partial charge is 0.350 e. The Morgan fingerprint density at radius 3 is 2.49 bits per heavy atom. The molecule has 1 saturated heterocycles.